The zero-order valence-electron chi connectivity index (χ0n) is 16.9. The van der Waals surface area contributed by atoms with Gasteiger partial charge in [0, 0.05) is 6.42 Å². The van der Waals surface area contributed by atoms with Crippen LogP contribution >= 0.6 is 0 Å². The van der Waals surface area contributed by atoms with E-state index in [0.717, 1.165) is 17.6 Å². The zero-order valence-corrected chi connectivity index (χ0v) is 16.9. The van der Waals surface area contributed by atoms with E-state index < -0.39 is 0 Å². The van der Waals surface area contributed by atoms with Gasteiger partial charge in [0.15, 0.2) is 6.17 Å². The maximum absolute atomic E-state index is 9.34. The first-order chi connectivity index (χ1) is 12.3. The molecule has 0 bridgehead atoms. The Bertz CT molecular complexity index is 367. The molecule has 2 N–H and O–H groups in total. The number of rotatable bonds is 16. The van der Waals surface area contributed by atoms with Crippen LogP contribution in [-0.4, -0.2) is 35.5 Å². The fraction of sp³-hybridized carbons (Fsp3) is 0.818. The van der Waals surface area contributed by atoms with Crippen molar-refractivity contribution in [2.24, 2.45) is 0 Å². The van der Waals surface area contributed by atoms with E-state index in [0.29, 0.717) is 6.17 Å². The summed E-state index contributed by atoms with van der Waals surface area (Å²) in [5, 5.41) is 12.8. The first-order valence-electron chi connectivity index (χ1n) is 10.8. The maximum Gasteiger partial charge on any atom is 0.166 e. The van der Waals surface area contributed by atoms with E-state index in [2.05, 4.69) is 43.7 Å². The third-order valence-electron chi connectivity index (χ3n) is 5.63. The summed E-state index contributed by atoms with van der Waals surface area (Å²) in [5.74, 6) is 0. The molecule has 1 aliphatic heterocycles. The molecule has 1 heterocycles. The van der Waals surface area contributed by atoms with Crippen LogP contribution in [0.4, 0.5) is 0 Å². The van der Waals surface area contributed by atoms with Crippen LogP contribution in [0.5, 0.6) is 0 Å². The lowest BCUT2D eigenvalue weighted by atomic mass is 10.1. The van der Waals surface area contributed by atoms with E-state index in [1.165, 1.54) is 77.0 Å². The molecule has 0 aromatic rings. The normalized spacial score (nSPS) is 22.8. The summed E-state index contributed by atoms with van der Waals surface area (Å²) in [4.78, 5) is 0. The molecule has 2 unspecified atom stereocenters. The predicted molar refractivity (Wildman–Crippen MR) is 109 cm³/mol. The second-order valence-electron chi connectivity index (χ2n) is 7.53. The van der Waals surface area contributed by atoms with Crippen molar-refractivity contribution in [3.05, 3.63) is 24.6 Å². The van der Waals surface area contributed by atoms with Gasteiger partial charge in [0.2, 0.25) is 0 Å². The smallest absolute Gasteiger partial charge is 0.166 e. The Hall–Kier alpha value is -0.800. The van der Waals surface area contributed by atoms with Crippen molar-refractivity contribution in [3.63, 3.8) is 0 Å². The third-order valence-corrected chi connectivity index (χ3v) is 5.63. The predicted octanol–water partition coefficient (Wildman–Crippen LogP) is 5.47. The highest BCUT2D eigenvalue weighted by molar-refractivity contribution is 4.85. The van der Waals surface area contributed by atoms with Crippen molar-refractivity contribution in [1.29, 1.82) is 0 Å². The van der Waals surface area contributed by atoms with Gasteiger partial charge in [-0.15, -0.1) is 0 Å². The Balaban J connectivity index is 1.99. The molecule has 3 nitrogen and oxygen atoms in total. The first-order valence-corrected chi connectivity index (χ1v) is 10.8. The molecule has 1 rings (SSSR count). The van der Waals surface area contributed by atoms with E-state index in [4.69, 9.17) is 0 Å². The van der Waals surface area contributed by atoms with Gasteiger partial charge in [-0.05, 0) is 39.0 Å². The number of quaternary nitrogens is 1. The number of nitrogens with one attached hydrogen (secondary N) is 1. The molecular weight excluding hydrogens is 308 g/mol. The van der Waals surface area contributed by atoms with Crippen LogP contribution in [0.2, 0.25) is 0 Å². The molecule has 0 saturated heterocycles. The molecule has 0 aromatic carbocycles. The summed E-state index contributed by atoms with van der Waals surface area (Å²) >= 11 is 0. The SMILES string of the molecule is CCCCCCCCC/C=C/CCCCC1NC=C[N+]1(CC)CCO. The topological polar surface area (TPSA) is 32.3 Å². The van der Waals surface area contributed by atoms with Gasteiger partial charge in [-0.3, -0.25) is 4.48 Å². The lowest BCUT2D eigenvalue weighted by molar-refractivity contribution is -0.900. The van der Waals surface area contributed by atoms with Gasteiger partial charge in [-0.1, -0.05) is 57.6 Å². The molecular formula is C22H43N2O+. The van der Waals surface area contributed by atoms with Crippen molar-refractivity contribution < 1.29 is 9.59 Å². The summed E-state index contributed by atoms with van der Waals surface area (Å²) in [6.45, 7) is 6.63. The number of hydrogen-bond acceptors (Lipinski definition) is 2. The number of allylic oxidation sites excluding steroid dienone is 2. The zero-order chi connectivity index (χ0) is 18.2. The molecule has 0 fully saturated rings. The Labute approximate surface area is 156 Å². The molecule has 1 aliphatic rings. The first kappa shape index (κ1) is 22.2. The summed E-state index contributed by atoms with van der Waals surface area (Å²) in [5.41, 5.74) is 0. The van der Waals surface area contributed by atoms with Gasteiger partial charge >= 0.3 is 0 Å². The summed E-state index contributed by atoms with van der Waals surface area (Å²) < 4.78 is 0.893. The van der Waals surface area contributed by atoms with Crippen LogP contribution in [0.3, 0.4) is 0 Å². The Morgan fingerprint density at radius 3 is 2.20 bits per heavy atom. The van der Waals surface area contributed by atoms with Crippen LogP contribution in [0.15, 0.2) is 24.6 Å². The van der Waals surface area contributed by atoms with Crippen molar-refractivity contribution in [2.75, 3.05) is 19.7 Å². The molecule has 0 amide bonds. The van der Waals surface area contributed by atoms with Gasteiger partial charge in [-0.2, -0.15) is 0 Å². The molecule has 25 heavy (non-hydrogen) atoms. The van der Waals surface area contributed by atoms with E-state index >= 15 is 0 Å². The van der Waals surface area contributed by atoms with Crippen molar-refractivity contribution in [2.45, 2.75) is 97.1 Å². The molecule has 0 radical (unpaired) electrons. The van der Waals surface area contributed by atoms with E-state index in [9.17, 15) is 5.11 Å². The van der Waals surface area contributed by atoms with E-state index in [-0.39, 0.29) is 6.61 Å². The molecule has 0 spiro atoms. The molecule has 146 valence electrons. The number of aliphatic hydroxyl groups excluding tert-OH is 1. The highest BCUT2D eigenvalue weighted by Crippen LogP contribution is 2.22. The monoisotopic (exact) mass is 351 g/mol. The third kappa shape index (κ3) is 8.91. The van der Waals surface area contributed by atoms with Crippen LogP contribution < -0.4 is 5.32 Å². The Morgan fingerprint density at radius 1 is 0.920 bits per heavy atom. The second kappa shape index (κ2) is 14.4. The maximum atomic E-state index is 9.34. The Kier molecular flexibility index (Phi) is 12.8. The highest BCUT2D eigenvalue weighted by atomic mass is 16.3. The second-order valence-corrected chi connectivity index (χ2v) is 7.53. The van der Waals surface area contributed by atoms with Crippen LogP contribution in [0, 0.1) is 0 Å². The number of nitrogens with zero attached hydrogens (tertiary/aromatic N) is 1. The van der Waals surface area contributed by atoms with Crippen molar-refractivity contribution in [3.8, 4) is 0 Å². The molecule has 3 heteroatoms. The summed E-state index contributed by atoms with van der Waals surface area (Å²) in [7, 11) is 0. The molecule has 0 aliphatic carbocycles. The molecule has 0 aromatic heterocycles. The van der Waals surface area contributed by atoms with Crippen LogP contribution in [0.1, 0.15) is 90.9 Å². The minimum absolute atomic E-state index is 0.262. The standard InChI is InChI=1S/C22H43N2O/c1-3-5-6-7-8-9-10-11-12-13-14-15-16-17-22-23-18-19-24(22,4-2)20-21-25/h12-13,18-19,22-23,25H,3-11,14-17,20-21H2,1-2H3/q+1/b13-12+. The lowest BCUT2D eigenvalue weighted by Gasteiger charge is -2.36. The largest absolute Gasteiger partial charge is 0.390 e. The minimum Gasteiger partial charge on any atom is -0.390 e. The van der Waals surface area contributed by atoms with Gasteiger partial charge in [0.1, 0.15) is 12.7 Å². The quantitative estimate of drug-likeness (QED) is 0.219. The summed E-state index contributed by atoms with van der Waals surface area (Å²) in [6.07, 6.45) is 25.5. The van der Waals surface area contributed by atoms with Crippen LogP contribution in [0.25, 0.3) is 0 Å². The van der Waals surface area contributed by atoms with E-state index in [1.54, 1.807) is 0 Å². The molecule has 0 saturated carbocycles. The highest BCUT2D eigenvalue weighted by Gasteiger charge is 2.35. The van der Waals surface area contributed by atoms with Gasteiger partial charge in [0.05, 0.1) is 19.4 Å². The fourth-order valence-corrected chi connectivity index (χ4v) is 3.85. The number of hydrogen-bond donors (Lipinski definition) is 2. The number of aliphatic hydroxyl groups is 1. The lowest BCUT2D eigenvalue weighted by Crippen LogP contribution is -2.54. The summed E-state index contributed by atoms with van der Waals surface area (Å²) in [6, 6.07) is 0. The Morgan fingerprint density at radius 2 is 1.56 bits per heavy atom. The fourth-order valence-electron chi connectivity index (χ4n) is 3.85. The average molecular weight is 352 g/mol. The number of unbranched alkanes of at least 4 members (excludes halogenated alkanes) is 9. The van der Waals surface area contributed by atoms with E-state index in [1.807, 2.05) is 0 Å². The van der Waals surface area contributed by atoms with Gasteiger partial charge in [0.25, 0.3) is 0 Å². The number of likely N-dealkylation sites (N-methyl/N-ethyl adjacent to an activating group) is 1. The minimum atomic E-state index is 0.262. The van der Waals surface area contributed by atoms with Crippen LogP contribution in [-0.2, 0) is 0 Å². The van der Waals surface area contributed by atoms with Gasteiger partial charge in [-0.25, -0.2) is 0 Å². The van der Waals surface area contributed by atoms with Crippen molar-refractivity contribution >= 4 is 0 Å². The molecule has 2 atom stereocenters. The average Bonchev–Trinajstić information content (AvgIpc) is 3.02. The van der Waals surface area contributed by atoms with Gasteiger partial charge < -0.3 is 10.4 Å². The van der Waals surface area contributed by atoms with Crippen molar-refractivity contribution in [1.82, 2.24) is 5.32 Å².